The molecule has 178 valence electrons. The summed E-state index contributed by atoms with van der Waals surface area (Å²) < 4.78 is 20.2. The summed E-state index contributed by atoms with van der Waals surface area (Å²) in [4.78, 5) is 33.7. The van der Waals surface area contributed by atoms with Crippen LogP contribution in [-0.4, -0.2) is 45.3 Å². The molecule has 1 fully saturated rings. The summed E-state index contributed by atoms with van der Waals surface area (Å²) >= 11 is 8.45. The second kappa shape index (κ2) is 10.3. The molecule has 0 spiro atoms. The van der Waals surface area contributed by atoms with Gasteiger partial charge < -0.3 is 18.8 Å². The number of halogens is 2. The van der Waals surface area contributed by atoms with E-state index < -0.39 is 30.4 Å². The molecular weight excluding hydrogens is 585 g/mol. The second-order valence-electron chi connectivity index (χ2n) is 7.91. The van der Waals surface area contributed by atoms with Gasteiger partial charge in [0.1, 0.15) is 29.8 Å². The van der Waals surface area contributed by atoms with Gasteiger partial charge >= 0.3 is 11.9 Å². The highest BCUT2D eigenvalue weighted by atomic mass is 127. The van der Waals surface area contributed by atoms with Crippen LogP contribution in [0, 0.1) is 3.57 Å². The van der Waals surface area contributed by atoms with Crippen molar-refractivity contribution in [1.82, 2.24) is 14.5 Å². The summed E-state index contributed by atoms with van der Waals surface area (Å²) in [5, 5.41) is 1.01. The number of carbonyl (C=O) groups excluding carboxylic acids is 2. The highest BCUT2D eigenvalue weighted by Crippen LogP contribution is 2.37. The Morgan fingerprint density at radius 1 is 1.03 bits per heavy atom. The Labute approximate surface area is 219 Å². The van der Waals surface area contributed by atoms with Gasteiger partial charge in [-0.15, -0.1) is 0 Å². The molecule has 0 aliphatic carbocycles. The number of ether oxygens (including phenoxy) is 3. The van der Waals surface area contributed by atoms with Gasteiger partial charge in [0, 0.05) is 16.2 Å². The first-order chi connectivity index (χ1) is 17.0. The van der Waals surface area contributed by atoms with Crippen molar-refractivity contribution in [3.05, 3.63) is 93.0 Å². The Morgan fingerprint density at radius 3 is 2.37 bits per heavy atom. The van der Waals surface area contributed by atoms with E-state index in [1.54, 1.807) is 53.1 Å². The zero-order chi connectivity index (χ0) is 24.4. The molecule has 3 atom stereocenters. The van der Waals surface area contributed by atoms with Crippen molar-refractivity contribution in [1.29, 1.82) is 0 Å². The van der Waals surface area contributed by atoms with Gasteiger partial charge in [-0.05, 0) is 46.9 Å². The van der Waals surface area contributed by atoms with Crippen molar-refractivity contribution in [2.45, 2.75) is 24.9 Å². The highest BCUT2D eigenvalue weighted by molar-refractivity contribution is 14.1. The molecule has 0 radical (unpaired) electrons. The third-order valence-corrected chi connectivity index (χ3v) is 6.72. The Morgan fingerprint density at radius 2 is 1.69 bits per heavy atom. The maximum Gasteiger partial charge on any atom is 0.338 e. The fourth-order valence-electron chi connectivity index (χ4n) is 3.98. The summed E-state index contributed by atoms with van der Waals surface area (Å²) in [5.41, 5.74) is 1.44. The van der Waals surface area contributed by atoms with Crippen molar-refractivity contribution in [2.75, 3.05) is 6.61 Å². The molecule has 2 aromatic carbocycles. The lowest BCUT2D eigenvalue weighted by molar-refractivity contribution is -0.0592. The first-order valence-electron chi connectivity index (χ1n) is 10.8. The minimum absolute atomic E-state index is 0.00957. The lowest BCUT2D eigenvalue weighted by atomic mass is 10.2. The summed E-state index contributed by atoms with van der Waals surface area (Å²) in [6.07, 6.45) is 1.70. The van der Waals surface area contributed by atoms with E-state index in [0.29, 0.717) is 33.7 Å². The summed E-state index contributed by atoms with van der Waals surface area (Å²) in [7, 11) is 0. The highest BCUT2D eigenvalue weighted by Gasteiger charge is 2.41. The molecule has 1 saturated heterocycles. The minimum Gasteiger partial charge on any atom is -0.459 e. The number of carbonyl (C=O) groups is 2. The normalized spacial score (nSPS) is 19.5. The molecule has 0 bridgehead atoms. The van der Waals surface area contributed by atoms with E-state index in [-0.39, 0.29) is 6.61 Å². The number of fused-ring (bicyclic) bond motifs is 1. The first-order valence-corrected chi connectivity index (χ1v) is 12.3. The van der Waals surface area contributed by atoms with E-state index in [0.717, 1.165) is 3.57 Å². The SMILES string of the molecule is O=C(OC[C@@H]1C[C@@H](OC(=O)c2ccccc2)[C@H](n2cc(I)c3c(Cl)ncnc32)O1)c1ccccc1. The molecule has 5 rings (SSSR count). The molecule has 10 heteroatoms. The monoisotopic (exact) mass is 603 g/mol. The second-order valence-corrected chi connectivity index (χ2v) is 9.43. The number of nitrogens with zero attached hydrogens (tertiary/aromatic N) is 3. The standard InChI is InChI=1S/C25H19ClIN3O5/c26-21-20-18(27)12-30(22(20)29-14-28-21)23-19(35-25(32)16-9-5-2-6-10-16)11-17(34-23)13-33-24(31)15-7-3-1-4-8-15/h1-10,12,14,17,19,23H,11,13H2/t17-,19+,23+/m0/s1. The average Bonchev–Trinajstić information content (AvgIpc) is 3.44. The Balaban J connectivity index is 1.40. The molecule has 8 nitrogen and oxygen atoms in total. The lowest BCUT2D eigenvalue weighted by Gasteiger charge is -2.21. The van der Waals surface area contributed by atoms with E-state index in [1.165, 1.54) is 6.33 Å². The van der Waals surface area contributed by atoms with Crippen LogP contribution in [0.25, 0.3) is 11.0 Å². The van der Waals surface area contributed by atoms with Crippen molar-refractivity contribution in [3.8, 4) is 0 Å². The van der Waals surface area contributed by atoms with Crippen LogP contribution >= 0.6 is 34.2 Å². The van der Waals surface area contributed by atoms with Crippen LogP contribution in [0.1, 0.15) is 33.4 Å². The Kier molecular flexibility index (Phi) is 6.98. The van der Waals surface area contributed by atoms with Gasteiger partial charge in [-0.25, -0.2) is 19.6 Å². The summed E-state index contributed by atoms with van der Waals surface area (Å²) in [5.74, 6) is -0.916. The number of rotatable bonds is 6. The topological polar surface area (TPSA) is 92.5 Å². The number of benzene rings is 2. The maximum absolute atomic E-state index is 12.8. The molecule has 0 amide bonds. The number of hydrogen-bond donors (Lipinski definition) is 0. The van der Waals surface area contributed by atoms with Gasteiger partial charge in [-0.3, -0.25) is 0 Å². The van der Waals surface area contributed by atoms with Crippen molar-refractivity contribution in [3.63, 3.8) is 0 Å². The maximum atomic E-state index is 12.8. The van der Waals surface area contributed by atoms with Crippen LogP contribution in [0.2, 0.25) is 5.15 Å². The zero-order valence-electron chi connectivity index (χ0n) is 18.2. The molecule has 1 aliphatic heterocycles. The van der Waals surface area contributed by atoms with Crippen LogP contribution < -0.4 is 0 Å². The van der Waals surface area contributed by atoms with Crippen LogP contribution in [0.15, 0.2) is 73.2 Å². The van der Waals surface area contributed by atoms with Gasteiger partial charge in [-0.1, -0.05) is 48.0 Å². The fourth-order valence-corrected chi connectivity index (χ4v) is 5.16. The number of hydrogen-bond acceptors (Lipinski definition) is 7. The lowest BCUT2D eigenvalue weighted by Crippen LogP contribution is -2.25. The smallest absolute Gasteiger partial charge is 0.338 e. The van der Waals surface area contributed by atoms with Crippen LogP contribution in [-0.2, 0) is 14.2 Å². The minimum atomic E-state index is -0.694. The van der Waals surface area contributed by atoms with Gasteiger partial charge in [0.25, 0.3) is 0 Å². The van der Waals surface area contributed by atoms with Crippen molar-refractivity contribution >= 4 is 57.2 Å². The summed E-state index contributed by atoms with van der Waals surface area (Å²) in [6, 6.07) is 17.5. The van der Waals surface area contributed by atoms with E-state index in [2.05, 4.69) is 32.6 Å². The third kappa shape index (κ3) is 5.02. The Hall–Kier alpha value is -3.02. The molecule has 0 N–H and O–H groups in total. The molecule has 1 aliphatic rings. The van der Waals surface area contributed by atoms with Gasteiger partial charge in [0.05, 0.1) is 22.6 Å². The average molecular weight is 604 g/mol. The summed E-state index contributed by atoms with van der Waals surface area (Å²) in [6.45, 7) is 0.00957. The predicted octanol–water partition coefficient (Wildman–Crippen LogP) is 5.06. The zero-order valence-corrected chi connectivity index (χ0v) is 21.1. The molecule has 0 saturated carbocycles. The van der Waals surface area contributed by atoms with E-state index >= 15 is 0 Å². The molecular formula is C25H19ClIN3O5. The quantitative estimate of drug-likeness (QED) is 0.173. The largest absolute Gasteiger partial charge is 0.459 e. The fraction of sp³-hybridized carbons (Fsp3) is 0.200. The van der Waals surface area contributed by atoms with E-state index in [9.17, 15) is 9.59 Å². The molecule has 2 aromatic heterocycles. The predicted molar refractivity (Wildman–Crippen MR) is 136 cm³/mol. The van der Waals surface area contributed by atoms with Crippen molar-refractivity contribution < 1.29 is 23.8 Å². The Bertz CT molecular complexity index is 1370. The van der Waals surface area contributed by atoms with Gasteiger partial charge in [0.2, 0.25) is 0 Å². The first kappa shape index (κ1) is 23.7. The van der Waals surface area contributed by atoms with Gasteiger partial charge in [-0.2, -0.15) is 0 Å². The van der Waals surface area contributed by atoms with Crippen LogP contribution in [0.5, 0.6) is 0 Å². The van der Waals surface area contributed by atoms with Gasteiger partial charge in [0.15, 0.2) is 6.23 Å². The molecule has 3 heterocycles. The molecule has 0 unspecified atom stereocenters. The molecule has 35 heavy (non-hydrogen) atoms. The number of aromatic nitrogens is 3. The van der Waals surface area contributed by atoms with Crippen molar-refractivity contribution in [2.24, 2.45) is 0 Å². The number of esters is 2. The molecule has 4 aromatic rings. The van der Waals surface area contributed by atoms with E-state index in [4.69, 9.17) is 25.8 Å². The van der Waals surface area contributed by atoms with Crippen LogP contribution in [0.3, 0.4) is 0 Å². The van der Waals surface area contributed by atoms with E-state index in [1.807, 2.05) is 18.3 Å². The third-order valence-electron chi connectivity index (χ3n) is 5.61. The van der Waals surface area contributed by atoms with Crippen LogP contribution in [0.4, 0.5) is 0 Å².